The first-order chi connectivity index (χ1) is 24.0. The van der Waals surface area contributed by atoms with Crippen LogP contribution in [-0.2, 0) is 28.7 Å². The minimum atomic E-state index is -3.09. The molecule has 0 radical (unpaired) electrons. The molecule has 9 unspecified atom stereocenters. The van der Waals surface area contributed by atoms with Gasteiger partial charge in [0.1, 0.15) is 28.9 Å². The minimum absolute atomic E-state index is 0.141. The topological polar surface area (TPSA) is 267 Å². The van der Waals surface area contributed by atoms with Gasteiger partial charge in [0.2, 0.25) is 11.7 Å². The molecule has 0 spiro atoms. The number of rotatable bonds is 9. The number of amides is 4. The number of anilines is 1. The predicted octanol–water partition coefficient (Wildman–Crippen LogP) is 0.171. The van der Waals surface area contributed by atoms with E-state index in [4.69, 9.17) is 15.2 Å². The molecule has 2 aliphatic heterocycles. The van der Waals surface area contributed by atoms with Crippen molar-refractivity contribution in [3.63, 3.8) is 0 Å². The van der Waals surface area contributed by atoms with Crippen LogP contribution in [0, 0.1) is 11.8 Å². The summed E-state index contributed by atoms with van der Waals surface area (Å²) >= 11 is 0. The highest BCUT2D eigenvalue weighted by Gasteiger charge is 2.68. The zero-order valence-electron chi connectivity index (χ0n) is 28.4. The van der Waals surface area contributed by atoms with Crippen LogP contribution in [-0.4, -0.2) is 117 Å². The number of carbonyl (C=O) groups excluding carboxylic acids is 6. The van der Waals surface area contributed by atoms with Gasteiger partial charge in [0, 0.05) is 30.5 Å². The molecule has 17 heteroatoms. The van der Waals surface area contributed by atoms with E-state index in [2.05, 4.69) is 16.0 Å². The maximum Gasteiger partial charge on any atom is 0.315 e. The summed E-state index contributed by atoms with van der Waals surface area (Å²) < 4.78 is 11.9. The van der Waals surface area contributed by atoms with Crippen LogP contribution in [0.5, 0.6) is 5.75 Å². The number of ketones is 2. The molecule has 9 atom stereocenters. The second-order valence-electron chi connectivity index (χ2n) is 14.0. The lowest BCUT2D eigenvalue weighted by Gasteiger charge is -2.54. The molecule has 2 saturated heterocycles. The van der Waals surface area contributed by atoms with E-state index in [-0.39, 0.29) is 47.5 Å². The lowest BCUT2D eigenvalue weighted by atomic mass is 9.55. The summed E-state index contributed by atoms with van der Waals surface area (Å²) in [5, 5.41) is 54.5. The summed E-state index contributed by atoms with van der Waals surface area (Å²) in [7, 11) is 2.92. The standard InChI is InChI=1S/C34H41N5O12/c1-12-19-14(36-13(2)40)9-10-16(41)21(19)27(43)22-20(12)29(51-18(42)8-6-5-7-17-25-15(11-50-17)37-33(48)38-25)24-26(39(3)4)28(44)23(32(35)47)31(46)34(24,49)30(22)45/h9-10,12,15,17,20,24-26,29,41,44-45,49H,5-8,11H2,1-4H3,(H2,35,47)(H,36,40)(H2,37,38,48). The molecule has 2 heterocycles. The third-order valence-electron chi connectivity index (χ3n) is 10.7. The molecule has 4 amide bonds. The number of hydrogen-bond acceptors (Lipinski definition) is 13. The van der Waals surface area contributed by atoms with E-state index in [0.717, 1.165) is 6.07 Å². The summed E-state index contributed by atoms with van der Waals surface area (Å²) in [6.07, 6.45) is -0.688. The number of unbranched alkanes of at least 4 members (excludes halogenated alkanes) is 1. The third kappa shape index (κ3) is 5.59. The Morgan fingerprint density at radius 1 is 1.12 bits per heavy atom. The Hall–Kier alpha value is -5.00. The fraction of sp³-hybridized carbons (Fsp3) is 0.529. The van der Waals surface area contributed by atoms with Crippen LogP contribution < -0.4 is 21.7 Å². The number of carbonyl (C=O) groups is 6. The Balaban J connectivity index is 1.40. The molecular formula is C34H41N5O12. The van der Waals surface area contributed by atoms with Crippen molar-refractivity contribution in [1.29, 1.82) is 0 Å². The van der Waals surface area contributed by atoms with Crippen molar-refractivity contribution in [3.8, 4) is 5.75 Å². The van der Waals surface area contributed by atoms with Crippen LogP contribution in [0.25, 0.3) is 0 Å². The van der Waals surface area contributed by atoms with Gasteiger partial charge >= 0.3 is 12.0 Å². The average molecular weight is 712 g/mol. The van der Waals surface area contributed by atoms with Gasteiger partial charge in [-0.1, -0.05) is 13.3 Å². The highest BCUT2D eigenvalue weighted by atomic mass is 16.5. The molecule has 6 rings (SSSR count). The van der Waals surface area contributed by atoms with Crippen LogP contribution >= 0.6 is 0 Å². The van der Waals surface area contributed by atoms with E-state index in [1.54, 1.807) is 6.92 Å². The number of phenols is 1. The van der Waals surface area contributed by atoms with Gasteiger partial charge in [-0.2, -0.15) is 0 Å². The lowest BCUT2D eigenvalue weighted by Crippen LogP contribution is -2.69. The van der Waals surface area contributed by atoms with Gasteiger partial charge < -0.3 is 51.6 Å². The average Bonchev–Trinajstić information content (AvgIpc) is 3.60. The number of phenolic OH excluding ortho intramolecular Hbond substituents is 1. The summed E-state index contributed by atoms with van der Waals surface area (Å²) in [6.45, 7) is 3.21. The molecule has 5 aliphatic rings. The number of nitrogens with one attached hydrogen (secondary N) is 3. The zero-order valence-corrected chi connectivity index (χ0v) is 28.4. The van der Waals surface area contributed by atoms with Crippen LogP contribution in [0.1, 0.15) is 61.4 Å². The number of aliphatic hydroxyl groups is 3. The molecule has 274 valence electrons. The molecular weight excluding hydrogens is 670 g/mol. The van der Waals surface area contributed by atoms with Gasteiger partial charge in [-0.05, 0) is 50.6 Å². The number of aromatic hydroxyl groups is 1. The van der Waals surface area contributed by atoms with Crippen molar-refractivity contribution in [2.75, 3.05) is 26.0 Å². The van der Waals surface area contributed by atoms with Gasteiger partial charge in [0.25, 0.3) is 5.91 Å². The predicted molar refractivity (Wildman–Crippen MR) is 175 cm³/mol. The Kier molecular flexibility index (Phi) is 9.10. The molecule has 51 heavy (non-hydrogen) atoms. The van der Waals surface area contributed by atoms with Crippen LogP contribution in [0.3, 0.4) is 0 Å². The maximum absolute atomic E-state index is 14.3. The number of likely N-dealkylation sites (N-methyl/N-ethyl adjacent to an activating group) is 1. The zero-order chi connectivity index (χ0) is 37.3. The Bertz CT molecular complexity index is 1800. The van der Waals surface area contributed by atoms with Gasteiger partial charge in [-0.25, -0.2) is 4.79 Å². The number of Topliss-reactive ketones (excluding diaryl/α,β-unsaturated/α-hetero) is 2. The van der Waals surface area contributed by atoms with Gasteiger partial charge in [-0.3, -0.25) is 28.9 Å². The SMILES string of the molecule is CC(=O)Nc1ccc(O)c2c1C(C)C1C(=C(O)C3(O)C(=O)C(C(N)=O)=C(O)C(N(C)C)C3C1OC(=O)CCCCC1OCC3NC(=O)NC31)C2=O. The monoisotopic (exact) mass is 711 g/mol. The summed E-state index contributed by atoms with van der Waals surface area (Å²) in [5.41, 5.74) is 0.838. The number of nitrogens with two attached hydrogens (primary N) is 1. The lowest BCUT2D eigenvalue weighted by molar-refractivity contribution is -0.181. The number of ether oxygens (including phenoxy) is 2. The van der Waals surface area contributed by atoms with E-state index in [1.165, 1.54) is 32.0 Å². The van der Waals surface area contributed by atoms with Crippen LogP contribution in [0.2, 0.25) is 0 Å². The maximum atomic E-state index is 14.3. The van der Waals surface area contributed by atoms with E-state index in [1.807, 2.05) is 0 Å². The van der Waals surface area contributed by atoms with Crippen LogP contribution in [0.15, 0.2) is 34.8 Å². The Morgan fingerprint density at radius 3 is 2.47 bits per heavy atom. The first-order valence-corrected chi connectivity index (χ1v) is 16.7. The Morgan fingerprint density at radius 2 is 1.82 bits per heavy atom. The van der Waals surface area contributed by atoms with Crippen molar-refractivity contribution < 1.29 is 58.7 Å². The number of fused-ring (bicyclic) bond motifs is 4. The molecule has 9 N–H and O–H groups in total. The van der Waals surface area contributed by atoms with E-state index >= 15 is 0 Å². The molecule has 3 aliphatic carbocycles. The largest absolute Gasteiger partial charge is 0.510 e. The summed E-state index contributed by atoms with van der Waals surface area (Å²) in [6, 6.07) is 0.498. The molecule has 0 bridgehead atoms. The van der Waals surface area contributed by atoms with Gasteiger partial charge in [-0.15, -0.1) is 0 Å². The van der Waals surface area contributed by atoms with Crippen molar-refractivity contribution in [2.45, 2.75) is 81.4 Å². The van der Waals surface area contributed by atoms with E-state index < -0.39 is 93.3 Å². The molecule has 17 nitrogen and oxygen atoms in total. The van der Waals surface area contributed by atoms with Gasteiger partial charge in [0.15, 0.2) is 11.4 Å². The van der Waals surface area contributed by atoms with Crippen molar-refractivity contribution in [1.82, 2.24) is 15.5 Å². The summed E-state index contributed by atoms with van der Waals surface area (Å²) in [5.74, 6) is -11.5. The molecule has 0 aromatic heterocycles. The number of urea groups is 1. The second-order valence-corrected chi connectivity index (χ2v) is 14.0. The van der Waals surface area contributed by atoms with Crippen molar-refractivity contribution >= 4 is 41.1 Å². The summed E-state index contributed by atoms with van der Waals surface area (Å²) in [4.78, 5) is 79.6. The first-order valence-electron chi connectivity index (χ1n) is 16.7. The molecule has 2 fully saturated rings. The van der Waals surface area contributed by atoms with Gasteiger partial charge in [0.05, 0.1) is 42.3 Å². The fourth-order valence-electron chi connectivity index (χ4n) is 8.58. The highest BCUT2D eigenvalue weighted by Crippen LogP contribution is 2.57. The number of benzene rings is 1. The minimum Gasteiger partial charge on any atom is -0.510 e. The van der Waals surface area contributed by atoms with Crippen molar-refractivity contribution in [3.05, 3.63) is 45.9 Å². The number of primary amides is 1. The van der Waals surface area contributed by atoms with Crippen LogP contribution in [0.4, 0.5) is 10.5 Å². The van der Waals surface area contributed by atoms with E-state index in [0.29, 0.717) is 25.9 Å². The first kappa shape index (κ1) is 35.8. The normalized spacial score (nSPS) is 32.5. The number of aliphatic hydroxyl groups excluding tert-OH is 2. The number of esters is 1. The third-order valence-corrected chi connectivity index (χ3v) is 10.7. The van der Waals surface area contributed by atoms with E-state index in [9.17, 15) is 49.2 Å². The quantitative estimate of drug-likeness (QED) is 0.0736. The molecule has 1 aromatic carbocycles. The number of hydrogen-bond donors (Lipinski definition) is 8. The number of nitrogens with zero attached hydrogens (tertiary/aromatic N) is 1. The highest BCUT2D eigenvalue weighted by molar-refractivity contribution is 6.25. The smallest absolute Gasteiger partial charge is 0.315 e. The fourth-order valence-corrected chi connectivity index (χ4v) is 8.58. The second kappa shape index (κ2) is 13.0. The van der Waals surface area contributed by atoms with Crippen molar-refractivity contribution in [2.24, 2.45) is 17.6 Å². The molecule has 1 aromatic rings. The Labute approximate surface area is 291 Å². The molecule has 0 saturated carbocycles.